The van der Waals surface area contributed by atoms with E-state index in [0.717, 1.165) is 12.1 Å². The van der Waals surface area contributed by atoms with Crippen LogP contribution in [0.1, 0.15) is 11.1 Å². The van der Waals surface area contributed by atoms with Crippen molar-refractivity contribution in [1.82, 2.24) is 10.2 Å². The molecule has 0 atom stereocenters. The molecule has 3 aromatic rings. The maximum absolute atomic E-state index is 12.8. The van der Waals surface area contributed by atoms with Crippen molar-refractivity contribution in [3.63, 3.8) is 0 Å². The molecule has 0 aliphatic heterocycles. The molecule has 0 aliphatic carbocycles. The minimum atomic E-state index is -9.70. The molecule has 2 aromatic carbocycles. The number of nitrogens with zero attached hydrogens (tertiary/aromatic N) is 2. The molecule has 12 heteroatoms. The molecule has 154 valence electrons. The summed E-state index contributed by atoms with van der Waals surface area (Å²) < 4.78 is 63.8. The van der Waals surface area contributed by atoms with Gasteiger partial charge in [0.15, 0.2) is 5.82 Å². The summed E-state index contributed by atoms with van der Waals surface area (Å²) in [7, 11) is -9.70. The van der Waals surface area contributed by atoms with E-state index in [1.165, 1.54) is 0 Å². The van der Waals surface area contributed by atoms with Gasteiger partial charge in [-0.25, -0.2) is 0 Å². The molecule has 0 radical (unpaired) electrons. The Bertz CT molecular complexity index is 1090. The summed E-state index contributed by atoms with van der Waals surface area (Å²) in [6.07, 6.45) is 0. The minimum absolute atomic E-state index is 0.0310. The first kappa shape index (κ1) is 20.8. The van der Waals surface area contributed by atoms with Crippen molar-refractivity contribution in [2.45, 2.75) is 11.4 Å². The van der Waals surface area contributed by atoms with Gasteiger partial charge in [0, 0.05) is 17.3 Å². The lowest BCUT2D eigenvalue weighted by Gasteiger charge is -2.40. The Hall–Kier alpha value is -2.97. The van der Waals surface area contributed by atoms with Gasteiger partial charge >= 0.3 is 10.2 Å². The van der Waals surface area contributed by atoms with E-state index in [-0.39, 0.29) is 23.7 Å². The van der Waals surface area contributed by atoms with Gasteiger partial charge in [-0.3, -0.25) is 5.10 Å². The van der Waals surface area contributed by atoms with Crippen LogP contribution in [0.3, 0.4) is 0 Å². The highest BCUT2D eigenvalue weighted by molar-refractivity contribution is 8.45. The van der Waals surface area contributed by atoms with Crippen molar-refractivity contribution in [3.05, 3.63) is 64.7 Å². The first-order valence-corrected chi connectivity index (χ1v) is 10.3. The zero-order valence-electron chi connectivity index (χ0n) is 14.4. The van der Waals surface area contributed by atoms with Crippen LogP contribution in [0, 0.1) is 11.3 Å². The smallest absolute Gasteiger partial charge is 0.310 e. The molecule has 0 aliphatic rings. The molecule has 29 heavy (non-hydrogen) atoms. The molecule has 0 saturated carbocycles. The fraction of sp³-hybridized carbons (Fsp3) is 0.0588. The Morgan fingerprint density at radius 3 is 2.34 bits per heavy atom. The second-order valence-corrected chi connectivity index (χ2v) is 8.88. The van der Waals surface area contributed by atoms with Gasteiger partial charge in [-0.1, -0.05) is 49.2 Å². The third-order valence-electron chi connectivity index (χ3n) is 3.80. The average Bonchev–Trinajstić information content (AvgIpc) is 3.00. The average molecular weight is 450 g/mol. The first-order valence-electron chi connectivity index (χ1n) is 7.94. The highest BCUT2D eigenvalue weighted by Crippen LogP contribution is 3.02. The van der Waals surface area contributed by atoms with Crippen LogP contribution in [-0.2, 0) is 6.54 Å². The monoisotopic (exact) mass is 449 g/mol. The van der Waals surface area contributed by atoms with E-state index in [1.807, 2.05) is 6.07 Å². The van der Waals surface area contributed by atoms with Crippen LogP contribution in [0.5, 0.6) is 0 Å². The van der Waals surface area contributed by atoms with Crippen molar-refractivity contribution in [2.24, 2.45) is 0 Å². The van der Waals surface area contributed by atoms with Gasteiger partial charge in [-0.2, -0.15) is 10.4 Å². The summed E-state index contributed by atoms with van der Waals surface area (Å²) in [5.74, 6) is 0.433. The SMILES string of the molecule is N#Cc1c(NCc2ccc(S(F)(F)(F)(F)F)cc2)n[nH]c1Nc1cccc(Cl)c1. The number of halogens is 6. The second-order valence-electron chi connectivity index (χ2n) is 6.04. The molecule has 0 saturated heterocycles. The number of anilines is 3. The largest absolute Gasteiger partial charge is 0.363 e. The van der Waals surface area contributed by atoms with Gasteiger partial charge in [-0.15, -0.1) is 0 Å². The molecule has 0 unspecified atom stereocenters. The van der Waals surface area contributed by atoms with E-state index in [9.17, 15) is 24.7 Å². The van der Waals surface area contributed by atoms with Gasteiger partial charge in [0.25, 0.3) is 0 Å². The molecular weight excluding hydrogens is 437 g/mol. The Morgan fingerprint density at radius 2 is 1.76 bits per heavy atom. The fourth-order valence-electron chi connectivity index (χ4n) is 2.43. The third-order valence-corrected chi connectivity index (χ3v) is 5.20. The molecule has 5 nitrogen and oxygen atoms in total. The molecule has 0 bridgehead atoms. The third kappa shape index (κ3) is 5.10. The summed E-state index contributed by atoms with van der Waals surface area (Å²) in [6, 6.07) is 11.2. The van der Waals surface area contributed by atoms with E-state index in [4.69, 9.17) is 11.6 Å². The molecule has 0 fully saturated rings. The van der Waals surface area contributed by atoms with Crippen LogP contribution in [-0.4, -0.2) is 10.2 Å². The topological polar surface area (TPSA) is 76.5 Å². The highest BCUT2D eigenvalue weighted by atomic mass is 35.5. The Morgan fingerprint density at radius 1 is 1.07 bits per heavy atom. The molecular formula is C17H13ClF5N5S. The van der Waals surface area contributed by atoms with E-state index < -0.39 is 15.1 Å². The first-order chi connectivity index (χ1) is 13.4. The summed E-state index contributed by atoms with van der Waals surface area (Å²) in [5.41, 5.74) is 1.04. The quantitative estimate of drug-likeness (QED) is 0.356. The molecule has 1 aromatic heterocycles. The zero-order valence-corrected chi connectivity index (χ0v) is 16.0. The standard InChI is InChI=1S/C17H13ClF5N5S/c18-12-2-1-3-13(8-12)26-17-15(9-24)16(27-28-17)25-10-11-4-6-14(7-5-11)29(19,20,21,22)23/h1-8H,10H2,(H3,25,26,27,28). The van der Waals surface area contributed by atoms with Crippen molar-refractivity contribution >= 4 is 39.1 Å². The number of nitrogens with one attached hydrogen (secondary N) is 3. The van der Waals surface area contributed by atoms with E-state index in [2.05, 4.69) is 20.8 Å². The lowest BCUT2D eigenvalue weighted by atomic mass is 10.2. The number of H-pyrrole nitrogens is 1. The molecule has 3 N–H and O–H groups in total. The summed E-state index contributed by atoms with van der Waals surface area (Å²) in [6.45, 7) is -0.0310. The molecule has 0 spiro atoms. The van der Waals surface area contributed by atoms with Crippen molar-refractivity contribution in [2.75, 3.05) is 10.6 Å². The van der Waals surface area contributed by atoms with Crippen molar-refractivity contribution < 1.29 is 19.4 Å². The second kappa shape index (κ2) is 6.53. The number of aromatic amines is 1. The van der Waals surface area contributed by atoms with Gasteiger partial charge in [-0.05, 0) is 35.9 Å². The van der Waals surface area contributed by atoms with Crippen LogP contribution >= 0.6 is 21.8 Å². The lowest BCUT2D eigenvalue weighted by Crippen LogP contribution is -2.07. The maximum atomic E-state index is 12.8. The number of hydrogen-bond acceptors (Lipinski definition) is 4. The predicted octanol–water partition coefficient (Wildman–Crippen LogP) is 6.95. The number of benzene rings is 2. The zero-order chi connectivity index (χ0) is 21.3. The predicted molar refractivity (Wildman–Crippen MR) is 103 cm³/mol. The van der Waals surface area contributed by atoms with Gasteiger partial charge in [0.2, 0.25) is 0 Å². The van der Waals surface area contributed by atoms with Crippen LogP contribution in [0.2, 0.25) is 5.02 Å². The summed E-state index contributed by atoms with van der Waals surface area (Å²) in [5, 5.41) is 22.2. The normalized spacial score (nSPS) is 13.8. The number of nitriles is 1. The van der Waals surface area contributed by atoms with Crippen LogP contribution in [0.15, 0.2) is 53.4 Å². The maximum Gasteiger partial charge on any atom is 0.310 e. The van der Waals surface area contributed by atoms with Crippen LogP contribution in [0.4, 0.5) is 36.8 Å². The Labute approximate surface area is 167 Å². The van der Waals surface area contributed by atoms with E-state index in [0.29, 0.717) is 28.4 Å². The van der Waals surface area contributed by atoms with Crippen LogP contribution < -0.4 is 10.6 Å². The molecule has 1 heterocycles. The van der Waals surface area contributed by atoms with E-state index >= 15 is 0 Å². The van der Waals surface area contributed by atoms with Crippen molar-refractivity contribution in [1.29, 1.82) is 5.26 Å². The number of rotatable bonds is 6. The fourth-order valence-corrected chi connectivity index (χ4v) is 3.27. The lowest BCUT2D eigenvalue weighted by molar-refractivity contribution is 0.364. The number of hydrogen-bond donors (Lipinski definition) is 3. The Balaban J connectivity index is 1.73. The van der Waals surface area contributed by atoms with Gasteiger partial charge in [0.05, 0.1) is 0 Å². The van der Waals surface area contributed by atoms with E-state index in [1.54, 1.807) is 24.3 Å². The molecule has 0 amide bonds. The summed E-state index contributed by atoms with van der Waals surface area (Å²) in [4.78, 5) is -1.96. The summed E-state index contributed by atoms with van der Waals surface area (Å²) >= 11 is 5.91. The van der Waals surface area contributed by atoms with Gasteiger partial charge < -0.3 is 10.6 Å². The van der Waals surface area contributed by atoms with Gasteiger partial charge in [0.1, 0.15) is 22.3 Å². The minimum Gasteiger partial charge on any atom is -0.363 e. The highest BCUT2D eigenvalue weighted by Gasteiger charge is 2.65. The number of aromatic nitrogens is 2. The Kier molecular flexibility index (Phi) is 4.68. The van der Waals surface area contributed by atoms with Crippen molar-refractivity contribution in [3.8, 4) is 6.07 Å². The molecule has 3 rings (SSSR count). The van der Waals surface area contributed by atoms with Crippen LogP contribution in [0.25, 0.3) is 0 Å².